The van der Waals surface area contributed by atoms with Gasteiger partial charge < -0.3 is 14.1 Å². The normalized spacial score (nSPS) is 11.3. The van der Waals surface area contributed by atoms with E-state index in [4.69, 9.17) is 4.42 Å². The van der Waals surface area contributed by atoms with E-state index in [0.717, 1.165) is 22.3 Å². The number of furan rings is 1. The molecule has 1 N–H and O–H groups in total. The lowest BCUT2D eigenvalue weighted by Crippen LogP contribution is -2.23. The lowest BCUT2D eigenvalue weighted by atomic mass is 10.1. The minimum atomic E-state index is -0.337. The Labute approximate surface area is 177 Å². The second-order valence-corrected chi connectivity index (χ2v) is 7.54. The van der Waals surface area contributed by atoms with Crippen LogP contribution in [0.4, 0.5) is 5.69 Å². The fourth-order valence-electron chi connectivity index (χ4n) is 3.81. The van der Waals surface area contributed by atoms with Crippen LogP contribution in [-0.2, 0) is 6.54 Å². The van der Waals surface area contributed by atoms with E-state index in [0.29, 0.717) is 16.9 Å². The summed E-state index contributed by atoms with van der Waals surface area (Å²) in [6.45, 7) is 4.12. The molecule has 31 heavy (non-hydrogen) atoms. The number of aryl methyl sites for hydroxylation is 2. The number of hydrogen-bond acceptors (Lipinski definition) is 4. The van der Waals surface area contributed by atoms with Crippen LogP contribution in [0.25, 0.3) is 16.7 Å². The Balaban J connectivity index is 1.47. The van der Waals surface area contributed by atoms with Gasteiger partial charge in [0.25, 0.3) is 11.5 Å². The summed E-state index contributed by atoms with van der Waals surface area (Å²) in [6.07, 6.45) is 3.49. The van der Waals surface area contributed by atoms with Crippen LogP contribution in [0.2, 0.25) is 0 Å². The molecule has 4 heterocycles. The molecule has 7 nitrogen and oxygen atoms in total. The second kappa shape index (κ2) is 7.28. The minimum absolute atomic E-state index is 0.171. The Hall–Kier alpha value is -4.13. The molecule has 0 atom stereocenters. The quantitative estimate of drug-likeness (QED) is 0.481. The first kappa shape index (κ1) is 18.9. The van der Waals surface area contributed by atoms with Gasteiger partial charge in [0.15, 0.2) is 11.4 Å². The van der Waals surface area contributed by atoms with E-state index >= 15 is 0 Å². The number of fused-ring (bicyclic) bond motifs is 3. The summed E-state index contributed by atoms with van der Waals surface area (Å²) in [6, 6.07) is 16.5. The Morgan fingerprint density at radius 2 is 1.90 bits per heavy atom. The molecule has 0 fully saturated rings. The van der Waals surface area contributed by atoms with Crippen LogP contribution in [0.3, 0.4) is 0 Å². The number of amides is 1. The van der Waals surface area contributed by atoms with Gasteiger partial charge in [0, 0.05) is 18.1 Å². The van der Waals surface area contributed by atoms with Gasteiger partial charge in [-0.05, 0) is 61.9 Å². The topological polar surface area (TPSA) is 81.5 Å². The molecule has 0 radical (unpaired) electrons. The first-order chi connectivity index (χ1) is 15.0. The number of carbonyl (C=O) groups excluding carboxylic acids is 1. The van der Waals surface area contributed by atoms with Gasteiger partial charge in [0.2, 0.25) is 0 Å². The third-order valence-corrected chi connectivity index (χ3v) is 5.32. The van der Waals surface area contributed by atoms with Crippen LogP contribution >= 0.6 is 0 Å². The predicted octanol–water partition coefficient (Wildman–Crippen LogP) is 4.16. The van der Waals surface area contributed by atoms with Gasteiger partial charge in [-0.25, -0.2) is 4.98 Å². The van der Waals surface area contributed by atoms with Crippen molar-refractivity contribution in [2.75, 3.05) is 5.32 Å². The van der Waals surface area contributed by atoms with Crippen LogP contribution in [-0.4, -0.2) is 19.9 Å². The predicted molar refractivity (Wildman–Crippen MR) is 119 cm³/mol. The van der Waals surface area contributed by atoms with E-state index in [2.05, 4.69) is 10.3 Å². The molecule has 0 aliphatic rings. The van der Waals surface area contributed by atoms with Crippen molar-refractivity contribution in [2.45, 2.75) is 20.4 Å². The number of anilines is 1. The van der Waals surface area contributed by atoms with Crippen molar-refractivity contribution >= 4 is 28.3 Å². The molecule has 0 saturated heterocycles. The first-order valence-electron chi connectivity index (χ1n) is 9.93. The van der Waals surface area contributed by atoms with Gasteiger partial charge in [0.05, 0.1) is 12.1 Å². The molecule has 5 rings (SSSR count). The second-order valence-electron chi connectivity index (χ2n) is 7.54. The van der Waals surface area contributed by atoms with Crippen molar-refractivity contribution < 1.29 is 9.21 Å². The Morgan fingerprint density at radius 3 is 2.74 bits per heavy atom. The molecular weight excluding hydrogens is 392 g/mol. The maximum absolute atomic E-state index is 13.0. The number of nitrogens with zero attached hydrogens (tertiary/aromatic N) is 3. The smallest absolute Gasteiger partial charge is 0.291 e. The Kier molecular flexibility index (Phi) is 4.43. The SMILES string of the molecule is Cc1ccc(NC(=O)c2ccc(Cn3c(=O)c4cccn4c4cccnc43)o2)c(C)c1. The molecular formula is C24H20N4O3. The van der Waals surface area contributed by atoms with Crippen molar-refractivity contribution in [3.8, 4) is 0 Å². The number of nitrogens with one attached hydrogen (secondary N) is 1. The van der Waals surface area contributed by atoms with Crippen molar-refractivity contribution in [3.05, 3.63) is 100.0 Å². The van der Waals surface area contributed by atoms with E-state index in [1.54, 1.807) is 29.0 Å². The highest BCUT2D eigenvalue weighted by molar-refractivity contribution is 6.02. The monoisotopic (exact) mass is 412 g/mol. The van der Waals surface area contributed by atoms with Crippen LogP contribution in [0.1, 0.15) is 27.4 Å². The highest BCUT2D eigenvalue weighted by Crippen LogP contribution is 2.19. The van der Waals surface area contributed by atoms with Gasteiger partial charge in [-0.1, -0.05) is 17.7 Å². The molecule has 154 valence electrons. The Bertz CT molecular complexity index is 1510. The fourth-order valence-corrected chi connectivity index (χ4v) is 3.81. The Morgan fingerprint density at radius 1 is 1.06 bits per heavy atom. The van der Waals surface area contributed by atoms with Crippen LogP contribution in [0.15, 0.2) is 76.2 Å². The molecule has 1 aromatic carbocycles. The van der Waals surface area contributed by atoms with Gasteiger partial charge in [-0.15, -0.1) is 0 Å². The zero-order valence-electron chi connectivity index (χ0n) is 17.1. The van der Waals surface area contributed by atoms with Crippen molar-refractivity contribution in [3.63, 3.8) is 0 Å². The molecule has 1 amide bonds. The van der Waals surface area contributed by atoms with E-state index < -0.39 is 0 Å². The molecule has 0 spiro atoms. The lowest BCUT2D eigenvalue weighted by Gasteiger charge is -2.10. The van der Waals surface area contributed by atoms with Gasteiger partial charge >= 0.3 is 0 Å². The van der Waals surface area contributed by atoms with Gasteiger partial charge in [-0.3, -0.25) is 14.2 Å². The van der Waals surface area contributed by atoms with E-state index in [9.17, 15) is 9.59 Å². The zero-order valence-corrected chi connectivity index (χ0v) is 17.1. The summed E-state index contributed by atoms with van der Waals surface area (Å²) in [7, 11) is 0. The average molecular weight is 412 g/mol. The number of rotatable bonds is 4. The van der Waals surface area contributed by atoms with E-state index in [-0.39, 0.29) is 23.8 Å². The van der Waals surface area contributed by atoms with Crippen LogP contribution < -0.4 is 10.9 Å². The van der Waals surface area contributed by atoms with Crippen molar-refractivity contribution in [1.29, 1.82) is 0 Å². The molecule has 4 aromatic heterocycles. The molecule has 5 aromatic rings. The van der Waals surface area contributed by atoms with E-state index in [1.807, 2.05) is 60.8 Å². The molecule has 0 aliphatic heterocycles. The van der Waals surface area contributed by atoms with Crippen LogP contribution in [0, 0.1) is 13.8 Å². The van der Waals surface area contributed by atoms with Crippen LogP contribution in [0.5, 0.6) is 0 Å². The molecule has 0 bridgehead atoms. The average Bonchev–Trinajstić information content (AvgIpc) is 3.43. The molecule has 0 unspecified atom stereocenters. The third-order valence-electron chi connectivity index (χ3n) is 5.32. The standard InChI is InChI=1S/C24H20N4O3/c1-15-7-9-18(16(2)13-15)26-23(29)21-10-8-17(31-21)14-28-22-19(5-3-11-25-22)27-12-4-6-20(27)24(28)30/h3-13H,14H2,1-2H3,(H,26,29). The summed E-state index contributed by atoms with van der Waals surface area (Å²) in [5.74, 6) is 0.343. The van der Waals surface area contributed by atoms with Gasteiger partial charge in [-0.2, -0.15) is 0 Å². The number of hydrogen-bond donors (Lipinski definition) is 1. The fraction of sp³-hybridized carbons (Fsp3) is 0.125. The number of benzene rings is 1. The maximum Gasteiger partial charge on any atom is 0.291 e. The minimum Gasteiger partial charge on any atom is -0.454 e. The maximum atomic E-state index is 13.0. The summed E-state index contributed by atoms with van der Waals surface area (Å²) < 4.78 is 9.17. The summed E-state index contributed by atoms with van der Waals surface area (Å²) in [5, 5.41) is 2.88. The zero-order chi connectivity index (χ0) is 21.5. The third kappa shape index (κ3) is 3.30. The largest absolute Gasteiger partial charge is 0.454 e. The van der Waals surface area contributed by atoms with E-state index in [1.165, 1.54) is 0 Å². The number of carbonyl (C=O) groups is 1. The van der Waals surface area contributed by atoms with Gasteiger partial charge in [0.1, 0.15) is 11.3 Å². The van der Waals surface area contributed by atoms with Crippen molar-refractivity contribution in [1.82, 2.24) is 14.0 Å². The summed E-state index contributed by atoms with van der Waals surface area (Å²) in [4.78, 5) is 30.1. The summed E-state index contributed by atoms with van der Waals surface area (Å²) >= 11 is 0. The molecule has 0 aliphatic carbocycles. The summed E-state index contributed by atoms with van der Waals surface area (Å²) in [5.41, 5.74) is 4.59. The molecule has 0 saturated carbocycles. The highest BCUT2D eigenvalue weighted by Gasteiger charge is 2.16. The number of aromatic nitrogens is 3. The van der Waals surface area contributed by atoms with Crippen molar-refractivity contribution in [2.24, 2.45) is 0 Å². The molecule has 7 heteroatoms. The first-order valence-corrected chi connectivity index (χ1v) is 9.93. The highest BCUT2D eigenvalue weighted by atomic mass is 16.4. The number of pyridine rings is 1. The lowest BCUT2D eigenvalue weighted by molar-refractivity contribution is 0.0994.